The number of rotatable bonds is 7. The van der Waals surface area contributed by atoms with Crippen molar-refractivity contribution in [1.82, 2.24) is 19.5 Å². The molecule has 7 nitrogen and oxygen atoms in total. The van der Waals surface area contributed by atoms with Gasteiger partial charge < -0.3 is 5.32 Å². The van der Waals surface area contributed by atoms with Gasteiger partial charge in [0.25, 0.3) is 0 Å². The van der Waals surface area contributed by atoms with Gasteiger partial charge in [-0.3, -0.25) is 4.68 Å². The Labute approximate surface area is 124 Å². The SMILES string of the molecule is CCNc1ncccc1S(=O)(=O)NCCc1ccnn1C. The van der Waals surface area contributed by atoms with E-state index < -0.39 is 10.0 Å². The van der Waals surface area contributed by atoms with Gasteiger partial charge in [0.2, 0.25) is 10.0 Å². The van der Waals surface area contributed by atoms with Gasteiger partial charge in [0.1, 0.15) is 10.7 Å². The quantitative estimate of drug-likeness (QED) is 0.788. The van der Waals surface area contributed by atoms with Crippen molar-refractivity contribution in [2.45, 2.75) is 18.2 Å². The van der Waals surface area contributed by atoms with Crippen LogP contribution in [0.3, 0.4) is 0 Å². The molecule has 0 aliphatic carbocycles. The van der Waals surface area contributed by atoms with Gasteiger partial charge in [0.15, 0.2) is 0 Å². The third-order valence-corrected chi connectivity index (χ3v) is 4.49. The summed E-state index contributed by atoms with van der Waals surface area (Å²) in [7, 11) is -1.76. The molecule has 0 amide bonds. The fourth-order valence-electron chi connectivity index (χ4n) is 1.95. The van der Waals surface area contributed by atoms with E-state index in [-0.39, 0.29) is 4.90 Å². The highest BCUT2D eigenvalue weighted by Crippen LogP contribution is 2.17. The minimum atomic E-state index is -3.58. The van der Waals surface area contributed by atoms with Gasteiger partial charge in [0.05, 0.1) is 0 Å². The lowest BCUT2D eigenvalue weighted by Crippen LogP contribution is -2.27. The van der Waals surface area contributed by atoms with Crippen molar-refractivity contribution in [1.29, 1.82) is 0 Å². The first-order chi connectivity index (χ1) is 10.0. The van der Waals surface area contributed by atoms with Crippen molar-refractivity contribution in [2.75, 3.05) is 18.4 Å². The van der Waals surface area contributed by atoms with Gasteiger partial charge in [-0.1, -0.05) is 0 Å². The maximum atomic E-state index is 12.3. The molecule has 0 aliphatic heterocycles. The Bertz CT molecular complexity index is 696. The molecule has 8 heteroatoms. The van der Waals surface area contributed by atoms with E-state index in [1.54, 1.807) is 23.1 Å². The average molecular weight is 309 g/mol. The lowest BCUT2D eigenvalue weighted by atomic mass is 10.3. The van der Waals surface area contributed by atoms with E-state index >= 15 is 0 Å². The molecule has 0 spiro atoms. The molecule has 0 saturated carbocycles. The lowest BCUT2D eigenvalue weighted by Gasteiger charge is -2.11. The molecule has 2 rings (SSSR count). The van der Waals surface area contributed by atoms with Crippen LogP contribution in [-0.2, 0) is 23.5 Å². The predicted octanol–water partition coefficient (Wildman–Crippen LogP) is 0.768. The normalized spacial score (nSPS) is 11.5. The van der Waals surface area contributed by atoms with E-state index in [1.807, 2.05) is 20.0 Å². The first-order valence-electron chi connectivity index (χ1n) is 6.70. The van der Waals surface area contributed by atoms with Crippen molar-refractivity contribution in [3.05, 3.63) is 36.3 Å². The number of nitrogens with zero attached hydrogens (tertiary/aromatic N) is 3. The second kappa shape index (κ2) is 6.68. The fourth-order valence-corrected chi connectivity index (χ4v) is 3.11. The number of aryl methyl sites for hydroxylation is 1. The molecule has 0 unspecified atom stereocenters. The van der Waals surface area contributed by atoms with Gasteiger partial charge >= 0.3 is 0 Å². The summed E-state index contributed by atoms with van der Waals surface area (Å²) in [6.45, 7) is 2.80. The Hall–Kier alpha value is -1.93. The molecule has 0 saturated heterocycles. The van der Waals surface area contributed by atoms with E-state index in [0.717, 1.165) is 5.69 Å². The summed E-state index contributed by atoms with van der Waals surface area (Å²) in [5.41, 5.74) is 0.968. The van der Waals surface area contributed by atoms with Gasteiger partial charge in [-0.2, -0.15) is 5.10 Å². The number of anilines is 1. The van der Waals surface area contributed by atoms with Gasteiger partial charge in [-0.25, -0.2) is 18.1 Å². The third-order valence-electron chi connectivity index (χ3n) is 3.00. The first kappa shape index (κ1) is 15.5. The number of aromatic nitrogens is 3. The van der Waals surface area contributed by atoms with Crippen LogP contribution < -0.4 is 10.0 Å². The van der Waals surface area contributed by atoms with Crippen LogP contribution in [0.2, 0.25) is 0 Å². The average Bonchev–Trinajstić information content (AvgIpc) is 2.85. The Morgan fingerprint density at radius 1 is 1.29 bits per heavy atom. The van der Waals surface area contributed by atoms with E-state index in [4.69, 9.17) is 0 Å². The van der Waals surface area contributed by atoms with Gasteiger partial charge in [-0.05, 0) is 25.1 Å². The molecule has 2 aromatic rings. The van der Waals surface area contributed by atoms with Crippen LogP contribution in [0.15, 0.2) is 35.5 Å². The van der Waals surface area contributed by atoms with Crippen LogP contribution in [0.4, 0.5) is 5.82 Å². The Morgan fingerprint density at radius 2 is 2.10 bits per heavy atom. The number of sulfonamides is 1. The summed E-state index contributed by atoms with van der Waals surface area (Å²) in [6.07, 6.45) is 3.83. The van der Waals surface area contributed by atoms with E-state index in [1.165, 1.54) is 6.07 Å². The van der Waals surface area contributed by atoms with E-state index in [0.29, 0.717) is 25.3 Å². The highest BCUT2D eigenvalue weighted by Gasteiger charge is 2.18. The first-order valence-corrected chi connectivity index (χ1v) is 8.18. The molecule has 2 N–H and O–H groups in total. The predicted molar refractivity (Wildman–Crippen MR) is 80.5 cm³/mol. The molecule has 2 heterocycles. The number of pyridine rings is 1. The summed E-state index contributed by atoms with van der Waals surface area (Å²) >= 11 is 0. The van der Waals surface area contributed by atoms with Crippen LogP contribution in [0.1, 0.15) is 12.6 Å². The lowest BCUT2D eigenvalue weighted by molar-refractivity contribution is 0.579. The van der Waals surface area contributed by atoms with Crippen LogP contribution in [-0.4, -0.2) is 36.3 Å². The van der Waals surface area contributed by atoms with Crippen LogP contribution in [0.25, 0.3) is 0 Å². The minimum absolute atomic E-state index is 0.164. The van der Waals surface area contributed by atoms with Crippen LogP contribution in [0.5, 0.6) is 0 Å². The molecular formula is C13H19N5O2S. The van der Waals surface area contributed by atoms with E-state index in [2.05, 4.69) is 20.1 Å². The largest absolute Gasteiger partial charge is 0.369 e. The standard InChI is InChI=1S/C13H19N5O2S/c1-3-14-13-12(5-4-8-15-13)21(19,20)17-10-7-11-6-9-16-18(11)2/h4-6,8-9,17H,3,7,10H2,1-2H3,(H,14,15). The molecule has 21 heavy (non-hydrogen) atoms. The van der Waals surface area contributed by atoms with Crippen molar-refractivity contribution in [2.24, 2.45) is 7.05 Å². The highest BCUT2D eigenvalue weighted by atomic mass is 32.2. The Morgan fingerprint density at radius 3 is 2.76 bits per heavy atom. The summed E-state index contributed by atoms with van der Waals surface area (Å²) in [6, 6.07) is 5.01. The van der Waals surface area contributed by atoms with Crippen molar-refractivity contribution < 1.29 is 8.42 Å². The maximum absolute atomic E-state index is 12.3. The second-order valence-electron chi connectivity index (χ2n) is 4.47. The smallest absolute Gasteiger partial charge is 0.244 e. The molecule has 114 valence electrons. The highest BCUT2D eigenvalue weighted by molar-refractivity contribution is 7.89. The second-order valence-corrected chi connectivity index (χ2v) is 6.21. The molecule has 0 radical (unpaired) electrons. The minimum Gasteiger partial charge on any atom is -0.369 e. The maximum Gasteiger partial charge on any atom is 0.244 e. The molecule has 0 aliphatic rings. The van der Waals surface area contributed by atoms with Crippen LogP contribution in [0, 0.1) is 0 Å². The van der Waals surface area contributed by atoms with Crippen molar-refractivity contribution >= 4 is 15.8 Å². The van der Waals surface area contributed by atoms with Crippen molar-refractivity contribution in [3.63, 3.8) is 0 Å². The molecule has 0 atom stereocenters. The molecule has 2 aromatic heterocycles. The number of hydrogen-bond donors (Lipinski definition) is 2. The monoisotopic (exact) mass is 309 g/mol. The number of nitrogens with one attached hydrogen (secondary N) is 2. The topological polar surface area (TPSA) is 88.9 Å². The number of hydrogen-bond acceptors (Lipinski definition) is 5. The summed E-state index contributed by atoms with van der Waals surface area (Å²) in [4.78, 5) is 4.23. The summed E-state index contributed by atoms with van der Waals surface area (Å²) in [5.74, 6) is 0.369. The zero-order chi connectivity index (χ0) is 15.3. The molecule has 0 aromatic carbocycles. The molecule has 0 bridgehead atoms. The fraction of sp³-hybridized carbons (Fsp3) is 0.385. The zero-order valence-electron chi connectivity index (χ0n) is 12.1. The van der Waals surface area contributed by atoms with Crippen molar-refractivity contribution in [3.8, 4) is 0 Å². The van der Waals surface area contributed by atoms with E-state index in [9.17, 15) is 8.42 Å². The summed E-state index contributed by atoms with van der Waals surface area (Å²) in [5, 5.41) is 7.00. The Balaban J connectivity index is 2.07. The molecular weight excluding hydrogens is 290 g/mol. The molecule has 0 fully saturated rings. The summed E-state index contributed by atoms with van der Waals surface area (Å²) < 4.78 is 29.0. The van der Waals surface area contributed by atoms with Crippen LogP contribution >= 0.6 is 0 Å². The van der Waals surface area contributed by atoms with Gasteiger partial charge in [-0.15, -0.1) is 0 Å². The third kappa shape index (κ3) is 3.79. The Kier molecular flexibility index (Phi) is 4.92. The zero-order valence-corrected chi connectivity index (χ0v) is 12.9. The van der Waals surface area contributed by atoms with Gasteiger partial charge in [0, 0.05) is 44.6 Å².